The van der Waals surface area contributed by atoms with E-state index in [9.17, 15) is 14.7 Å². The van der Waals surface area contributed by atoms with Gasteiger partial charge in [0, 0.05) is 30.1 Å². The normalized spacial score (nSPS) is 38.6. The smallest absolute Gasteiger partial charge is 0.407 e. The van der Waals surface area contributed by atoms with Crippen molar-refractivity contribution in [2.45, 2.75) is 140 Å². The fraction of sp³-hybridized carbons (Fsp3) is 0.707. The van der Waals surface area contributed by atoms with Crippen LogP contribution in [-0.2, 0) is 11.3 Å². The molecule has 1 amide bonds. The van der Waals surface area contributed by atoms with Crippen molar-refractivity contribution in [3.8, 4) is 5.75 Å². The minimum Gasteiger partial charge on any atom is -0.497 e. The Balaban J connectivity index is 0.904. The van der Waals surface area contributed by atoms with Crippen LogP contribution in [0.4, 0.5) is 4.79 Å². The molecule has 0 unspecified atom stereocenters. The summed E-state index contributed by atoms with van der Waals surface area (Å²) < 4.78 is 16.7. The van der Waals surface area contributed by atoms with Gasteiger partial charge in [-0.2, -0.15) is 0 Å². The Hall–Kier alpha value is -2.84. The maximum atomic E-state index is 13.2. The molecule has 8 nitrogen and oxygen atoms in total. The van der Waals surface area contributed by atoms with Crippen molar-refractivity contribution < 1.29 is 23.8 Å². The number of rotatable bonds is 8. The van der Waals surface area contributed by atoms with Gasteiger partial charge < -0.3 is 24.3 Å². The van der Waals surface area contributed by atoms with E-state index in [-0.39, 0.29) is 46.5 Å². The van der Waals surface area contributed by atoms with Gasteiger partial charge in [-0.15, -0.1) is 0 Å². The first-order chi connectivity index (χ1) is 23.6. The summed E-state index contributed by atoms with van der Waals surface area (Å²) in [5, 5.41) is 15.8. The number of ether oxygens (including phenoxy) is 2. The van der Waals surface area contributed by atoms with Crippen molar-refractivity contribution in [3.63, 3.8) is 0 Å². The first-order valence-corrected chi connectivity index (χ1v) is 19.2. The third-order valence-electron chi connectivity index (χ3n) is 14.7. The molecule has 1 heterocycles. The van der Waals surface area contributed by atoms with E-state index in [1.165, 1.54) is 11.6 Å². The van der Waals surface area contributed by atoms with Crippen LogP contribution in [0.3, 0.4) is 0 Å². The molecule has 0 aliphatic heterocycles. The molecule has 8 heteroatoms. The average Bonchev–Trinajstić information content (AvgIpc) is 3.39. The highest BCUT2D eigenvalue weighted by molar-refractivity contribution is 5.67. The number of aliphatic hydroxyl groups is 1. The molecule has 5 fully saturated rings. The lowest BCUT2D eigenvalue weighted by Crippen LogP contribution is -2.62. The second kappa shape index (κ2) is 13.7. The van der Waals surface area contributed by atoms with Gasteiger partial charge in [0.15, 0.2) is 0 Å². The molecule has 5 aliphatic rings. The summed E-state index contributed by atoms with van der Waals surface area (Å²) in [6.07, 6.45) is 14.3. The fourth-order valence-corrected chi connectivity index (χ4v) is 11.8. The van der Waals surface area contributed by atoms with Crippen LogP contribution in [0.15, 0.2) is 51.9 Å². The van der Waals surface area contributed by atoms with E-state index < -0.39 is 5.60 Å². The van der Waals surface area contributed by atoms with Gasteiger partial charge in [-0.3, -0.25) is 4.90 Å². The first-order valence-electron chi connectivity index (χ1n) is 19.2. The number of hydrogen-bond acceptors (Lipinski definition) is 7. The summed E-state index contributed by atoms with van der Waals surface area (Å²) in [5.74, 6) is 2.36. The highest BCUT2D eigenvalue weighted by atomic mass is 16.6. The van der Waals surface area contributed by atoms with Crippen molar-refractivity contribution >= 4 is 6.09 Å². The van der Waals surface area contributed by atoms with Gasteiger partial charge in [0.25, 0.3) is 0 Å². The Morgan fingerprint density at radius 1 is 0.939 bits per heavy atom. The van der Waals surface area contributed by atoms with Crippen LogP contribution in [-0.4, -0.2) is 53.5 Å². The highest BCUT2D eigenvalue weighted by Gasteiger charge is 2.67. The summed E-state index contributed by atoms with van der Waals surface area (Å²) in [6.45, 7) is 8.94. The summed E-state index contributed by atoms with van der Waals surface area (Å²) in [5.41, 5.74) is 1.25. The van der Waals surface area contributed by atoms with Crippen LogP contribution < -0.4 is 15.7 Å². The van der Waals surface area contributed by atoms with E-state index in [0.29, 0.717) is 17.9 Å². The van der Waals surface area contributed by atoms with Crippen LogP contribution in [0.25, 0.3) is 0 Å². The largest absolute Gasteiger partial charge is 0.497 e. The number of carbonyl (C=O) groups is 1. The summed E-state index contributed by atoms with van der Waals surface area (Å²) in [6, 6.07) is 12.5. The van der Waals surface area contributed by atoms with E-state index in [1.807, 2.05) is 18.2 Å². The van der Waals surface area contributed by atoms with Crippen LogP contribution >= 0.6 is 0 Å². The Morgan fingerprint density at radius 3 is 2.41 bits per heavy atom. The predicted octanol–water partition coefficient (Wildman–Crippen LogP) is 7.82. The van der Waals surface area contributed by atoms with Gasteiger partial charge in [-0.25, -0.2) is 9.59 Å². The summed E-state index contributed by atoms with van der Waals surface area (Å²) in [4.78, 5) is 27.4. The molecule has 2 N–H and O–H groups in total. The highest BCUT2D eigenvalue weighted by Crippen LogP contribution is 2.70. The molecule has 0 spiro atoms. The van der Waals surface area contributed by atoms with Gasteiger partial charge in [0.1, 0.15) is 11.9 Å². The molecule has 268 valence electrons. The number of alkyl carbamates (subject to hydrolysis) is 1. The lowest BCUT2D eigenvalue weighted by atomic mass is 9.43. The molecule has 8 atom stereocenters. The monoisotopic (exact) mass is 674 g/mol. The minimum atomic E-state index is -0.708. The molecule has 5 saturated carbocycles. The summed E-state index contributed by atoms with van der Waals surface area (Å²) >= 11 is 0. The van der Waals surface area contributed by atoms with Crippen molar-refractivity contribution in [2.24, 2.45) is 28.6 Å². The van der Waals surface area contributed by atoms with E-state index in [2.05, 4.69) is 43.1 Å². The molecule has 2 aromatic rings. The zero-order valence-corrected chi connectivity index (χ0v) is 30.1. The predicted molar refractivity (Wildman–Crippen MR) is 189 cm³/mol. The van der Waals surface area contributed by atoms with E-state index in [1.54, 1.807) is 13.4 Å². The van der Waals surface area contributed by atoms with Crippen molar-refractivity contribution in [1.29, 1.82) is 0 Å². The first kappa shape index (κ1) is 34.6. The third-order valence-corrected chi connectivity index (χ3v) is 14.7. The fourth-order valence-electron chi connectivity index (χ4n) is 11.8. The molecule has 5 aliphatic carbocycles. The van der Waals surface area contributed by atoms with Crippen LogP contribution in [0.2, 0.25) is 0 Å². The van der Waals surface area contributed by atoms with Crippen molar-refractivity contribution in [2.75, 3.05) is 13.7 Å². The maximum absolute atomic E-state index is 13.2. The quantitative estimate of drug-likeness (QED) is 0.295. The van der Waals surface area contributed by atoms with Gasteiger partial charge in [0.05, 0.1) is 19.0 Å². The molecule has 49 heavy (non-hydrogen) atoms. The van der Waals surface area contributed by atoms with E-state index >= 15 is 0 Å². The van der Waals surface area contributed by atoms with Crippen LogP contribution in [0.1, 0.15) is 121 Å². The zero-order chi connectivity index (χ0) is 34.4. The average molecular weight is 675 g/mol. The van der Waals surface area contributed by atoms with Crippen LogP contribution in [0.5, 0.6) is 5.75 Å². The van der Waals surface area contributed by atoms with E-state index in [0.717, 1.165) is 108 Å². The number of methoxy groups -OCH3 is 1. The van der Waals surface area contributed by atoms with Crippen LogP contribution in [0, 0.1) is 28.6 Å². The standard InChI is InChI=1S/C41H58N2O6/c1-5-43(25-27-6-14-32(47-4)15-7-27)31-12-10-30(11-13-31)42-38(45)49-33-18-21-39(2)29(24-33)9-16-36-35(39)19-22-40(3)34(20-23-41(36,40)46)28-8-17-37(44)48-26-28/h6-8,14-15,17,26,29-31,33-36,46H,5,9-13,16,18-25H2,1-4H3,(H,42,45)/t29-,30?,31?,33+,34-,35+,36-,39+,40-,41+/m1/s1. The third kappa shape index (κ3) is 6.34. The van der Waals surface area contributed by atoms with Gasteiger partial charge in [0.2, 0.25) is 0 Å². The number of nitrogens with one attached hydrogen (secondary N) is 1. The Kier molecular flexibility index (Phi) is 9.68. The number of fused-ring (bicyclic) bond motifs is 5. The Labute approximate surface area is 292 Å². The van der Waals surface area contributed by atoms with E-state index in [4.69, 9.17) is 13.9 Å². The second-order valence-electron chi connectivity index (χ2n) is 16.7. The Bertz CT molecular complexity index is 1500. The second-order valence-corrected chi connectivity index (χ2v) is 16.7. The lowest BCUT2D eigenvalue weighted by Gasteiger charge is -2.63. The molecule has 1 aromatic carbocycles. The number of benzene rings is 1. The molecule has 7 rings (SSSR count). The molecule has 0 saturated heterocycles. The molecular weight excluding hydrogens is 616 g/mol. The van der Waals surface area contributed by atoms with Crippen molar-refractivity contribution in [3.05, 3.63) is 64.2 Å². The number of hydrogen-bond donors (Lipinski definition) is 2. The number of carbonyl (C=O) groups excluding carboxylic acids is 1. The van der Waals surface area contributed by atoms with Crippen molar-refractivity contribution in [1.82, 2.24) is 10.2 Å². The SMILES string of the molecule is CCN(Cc1ccc(OC)cc1)C1CCC(NC(=O)O[C@H]2CC[C@@]3(C)[C@H](CC[C@@H]4[C@@H]3CC[C@]3(C)[C@@H](c5ccc(=O)oc5)CC[C@]43O)C2)CC1. The molecule has 0 radical (unpaired) electrons. The molecule has 0 bridgehead atoms. The lowest BCUT2D eigenvalue weighted by molar-refractivity contribution is -0.205. The molecule has 1 aromatic heterocycles. The zero-order valence-electron chi connectivity index (χ0n) is 30.1. The summed E-state index contributed by atoms with van der Waals surface area (Å²) in [7, 11) is 1.70. The van der Waals surface area contributed by atoms with Gasteiger partial charge in [-0.05, 0) is 148 Å². The number of amides is 1. The Morgan fingerprint density at radius 2 is 1.71 bits per heavy atom. The minimum absolute atomic E-state index is 0.0356. The maximum Gasteiger partial charge on any atom is 0.407 e. The topological polar surface area (TPSA) is 101 Å². The number of nitrogens with zero attached hydrogens (tertiary/aromatic N) is 1. The van der Waals surface area contributed by atoms with Gasteiger partial charge in [-0.1, -0.05) is 32.9 Å². The van der Waals surface area contributed by atoms with Gasteiger partial charge >= 0.3 is 11.7 Å². The molecular formula is C41H58N2O6.